The Kier molecular flexibility index (Phi) is 3.29. The highest BCUT2D eigenvalue weighted by molar-refractivity contribution is 5.88. The molecule has 0 bridgehead atoms. The van der Waals surface area contributed by atoms with E-state index in [4.69, 9.17) is 9.63 Å². The first-order valence-corrected chi connectivity index (χ1v) is 5.95. The SMILES string of the molecule is CC(C)(C)c1noc(NC(=O)O)c1-c1ccccc1. The molecule has 5 heteroatoms. The van der Waals surface area contributed by atoms with E-state index in [1.54, 1.807) is 0 Å². The van der Waals surface area contributed by atoms with Gasteiger partial charge in [-0.1, -0.05) is 56.3 Å². The second-order valence-corrected chi connectivity index (χ2v) is 5.28. The molecule has 0 aliphatic rings. The fourth-order valence-corrected chi connectivity index (χ4v) is 1.86. The molecule has 0 spiro atoms. The van der Waals surface area contributed by atoms with Gasteiger partial charge in [0.05, 0.1) is 11.3 Å². The molecule has 0 saturated carbocycles. The number of nitrogens with zero attached hydrogens (tertiary/aromatic N) is 1. The summed E-state index contributed by atoms with van der Waals surface area (Å²) in [5.74, 6) is 0.156. The van der Waals surface area contributed by atoms with Gasteiger partial charge in [-0.05, 0) is 5.56 Å². The van der Waals surface area contributed by atoms with E-state index in [9.17, 15) is 4.79 Å². The second kappa shape index (κ2) is 4.76. The van der Waals surface area contributed by atoms with Crippen LogP contribution in [0.5, 0.6) is 0 Å². The van der Waals surface area contributed by atoms with E-state index in [1.165, 1.54) is 0 Å². The number of carbonyl (C=O) groups is 1. The van der Waals surface area contributed by atoms with E-state index < -0.39 is 6.09 Å². The number of benzene rings is 1. The highest BCUT2D eigenvalue weighted by atomic mass is 16.5. The number of amides is 1. The molecular weight excluding hydrogens is 244 g/mol. The predicted molar refractivity (Wildman–Crippen MR) is 72.3 cm³/mol. The van der Waals surface area contributed by atoms with Gasteiger partial charge in [0, 0.05) is 5.41 Å². The molecule has 2 N–H and O–H groups in total. The monoisotopic (exact) mass is 260 g/mol. The number of anilines is 1. The average molecular weight is 260 g/mol. The molecule has 0 saturated heterocycles. The minimum Gasteiger partial charge on any atom is -0.465 e. The molecule has 100 valence electrons. The summed E-state index contributed by atoms with van der Waals surface area (Å²) in [5.41, 5.74) is 2.04. The van der Waals surface area contributed by atoms with Crippen molar-refractivity contribution in [1.82, 2.24) is 5.16 Å². The van der Waals surface area contributed by atoms with Gasteiger partial charge in [0.2, 0.25) is 5.88 Å². The molecule has 2 aromatic rings. The quantitative estimate of drug-likeness (QED) is 0.862. The zero-order valence-corrected chi connectivity index (χ0v) is 11.1. The van der Waals surface area contributed by atoms with Crippen molar-refractivity contribution in [3.8, 4) is 11.1 Å². The fraction of sp³-hybridized carbons (Fsp3) is 0.286. The summed E-state index contributed by atoms with van der Waals surface area (Å²) in [6.07, 6.45) is -1.17. The summed E-state index contributed by atoms with van der Waals surface area (Å²) < 4.78 is 5.15. The first-order valence-electron chi connectivity index (χ1n) is 5.95. The van der Waals surface area contributed by atoms with Crippen molar-refractivity contribution < 1.29 is 14.4 Å². The maximum atomic E-state index is 10.8. The Balaban J connectivity index is 2.60. The van der Waals surface area contributed by atoms with Crippen molar-refractivity contribution >= 4 is 12.0 Å². The molecule has 1 aromatic carbocycles. The molecule has 19 heavy (non-hydrogen) atoms. The number of hydrogen-bond acceptors (Lipinski definition) is 3. The third-order valence-electron chi connectivity index (χ3n) is 2.69. The van der Waals surface area contributed by atoms with Crippen molar-refractivity contribution in [2.45, 2.75) is 26.2 Å². The van der Waals surface area contributed by atoms with Gasteiger partial charge in [-0.3, -0.25) is 5.32 Å². The third kappa shape index (κ3) is 2.76. The predicted octanol–water partition coefficient (Wildman–Crippen LogP) is 3.73. The van der Waals surface area contributed by atoms with Gasteiger partial charge < -0.3 is 9.63 Å². The molecule has 1 heterocycles. The Hall–Kier alpha value is -2.30. The Morgan fingerprint density at radius 1 is 1.26 bits per heavy atom. The number of carboxylic acid groups (broad SMARTS) is 1. The topological polar surface area (TPSA) is 75.4 Å². The van der Waals surface area contributed by atoms with Gasteiger partial charge in [-0.25, -0.2) is 4.79 Å². The van der Waals surface area contributed by atoms with Crippen LogP contribution in [-0.2, 0) is 5.41 Å². The first kappa shape index (κ1) is 13.1. The highest BCUT2D eigenvalue weighted by Crippen LogP contribution is 2.37. The van der Waals surface area contributed by atoms with Gasteiger partial charge >= 0.3 is 6.09 Å². The van der Waals surface area contributed by atoms with E-state index in [-0.39, 0.29) is 11.3 Å². The largest absolute Gasteiger partial charge is 0.465 e. The van der Waals surface area contributed by atoms with Crippen LogP contribution in [0.1, 0.15) is 26.5 Å². The molecule has 0 aliphatic carbocycles. The second-order valence-electron chi connectivity index (χ2n) is 5.28. The van der Waals surface area contributed by atoms with Crippen molar-refractivity contribution in [3.05, 3.63) is 36.0 Å². The molecule has 5 nitrogen and oxygen atoms in total. The first-order chi connectivity index (χ1) is 8.89. The lowest BCUT2D eigenvalue weighted by Crippen LogP contribution is -2.13. The number of aromatic nitrogens is 1. The normalized spacial score (nSPS) is 11.3. The van der Waals surface area contributed by atoms with Crippen molar-refractivity contribution in [3.63, 3.8) is 0 Å². The van der Waals surface area contributed by atoms with Crippen LogP contribution >= 0.6 is 0 Å². The van der Waals surface area contributed by atoms with Gasteiger partial charge in [0.15, 0.2) is 0 Å². The Morgan fingerprint density at radius 2 is 1.89 bits per heavy atom. The van der Waals surface area contributed by atoms with Gasteiger partial charge in [0.1, 0.15) is 0 Å². The molecule has 0 aliphatic heterocycles. The Labute approximate surface area is 111 Å². The van der Waals surface area contributed by atoms with Crippen LogP contribution in [0, 0.1) is 0 Å². The van der Waals surface area contributed by atoms with Crippen LogP contribution in [0.2, 0.25) is 0 Å². The maximum absolute atomic E-state index is 10.8. The average Bonchev–Trinajstić information content (AvgIpc) is 2.72. The molecule has 1 aromatic heterocycles. The Bertz CT molecular complexity index is 582. The molecule has 0 fully saturated rings. The lowest BCUT2D eigenvalue weighted by atomic mass is 9.87. The minimum atomic E-state index is -1.17. The van der Waals surface area contributed by atoms with Gasteiger partial charge in [-0.2, -0.15) is 0 Å². The Morgan fingerprint density at radius 3 is 2.42 bits per heavy atom. The van der Waals surface area contributed by atoms with Crippen molar-refractivity contribution in [1.29, 1.82) is 0 Å². The van der Waals surface area contributed by atoms with Crippen molar-refractivity contribution in [2.75, 3.05) is 5.32 Å². The molecule has 2 rings (SSSR count). The summed E-state index contributed by atoms with van der Waals surface area (Å²) in [7, 11) is 0. The lowest BCUT2D eigenvalue weighted by molar-refractivity contribution is 0.208. The lowest BCUT2D eigenvalue weighted by Gasteiger charge is -2.16. The molecule has 0 atom stereocenters. The summed E-state index contributed by atoms with van der Waals surface area (Å²) >= 11 is 0. The zero-order valence-electron chi connectivity index (χ0n) is 11.1. The summed E-state index contributed by atoms with van der Waals surface area (Å²) in [6.45, 7) is 6.01. The fourth-order valence-electron chi connectivity index (χ4n) is 1.86. The number of rotatable bonds is 2. The summed E-state index contributed by atoms with van der Waals surface area (Å²) in [6, 6.07) is 9.47. The van der Waals surface area contributed by atoms with Crippen LogP contribution < -0.4 is 5.32 Å². The smallest absolute Gasteiger partial charge is 0.411 e. The molecule has 1 amide bonds. The van der Waals surface area contributed by atoms with Gasteiger partial charge in [0.25, 0.3) is 0 Å². The van der Waals surface area contributed by atoms with Crippen LogP contribution in [-0.4, -0.2) is 16.4 Å². The van der Waals surface area contributed by atoms with Crippen LogP contribution in [0.4, 0.5) is 10.7 Å². The van der Waals surface area contributed by atoms with Crippen LogP contribution in [0.15, 0.2) is 34.9 Å². The third-order valence-corrected chi connectivity index (χ3v) is 2.69. The van der Waals surface area contributed by atoms with E-state index >= 15 is 0 Å². The minimum absolute atomic E-state index is 0.156. The van der Waals surface area contributed by atoms with E-state index in [0.29, 0.717) is 5.56 Å². The maximum Gasteiger partial charge on any atom is 0.411 e. The van der Waals surface area contributed by atoms with Crippen molar-refractivity contribution in [2.24, 2.45) is 0 Å². The van der Waals surface area contributed by atoms with E-state index in [1.807, 2.05) is 51.1 Å². The molecular formula is C14H16N2O3. The van der Waals surface area contributed by atoms with E-state index in [0.717, 1.165) is 11.3 Å². The highest BCUT2D eigenvalue weighted by Gasteiger charge is 2.27. The zero-order chi connectivity index (χ0) is 14.0. The number of hydrogen-bond donors (Lipinski definition) is 2. The van der Waals surface area contributed by atoms with Crippen LogP contribution in [0.25, 0.3) is 11.1 Å². The summed E-state index contributed by atoms with van der Waals surface area (Å²) in [4.78, 5) is 10.8. The van der Waals surface area contributed by atoms with E-state index in [2.05, 4.69) is 10.5 Å². The summed E-state index contributed by atoms with van der Waals surface area (Å²) in [5, 5.41) is 15.1. The standard InChI is InChI=1S/C14H16N2O3/c1-14(2,3)11-10(9-7-5-4-6-8-9)12(19-16-11)15-13(17)18/h4-8,15H,1-3H3,(H,17,18). The number of nitrogens with one attached hydrogen (secondary N) is 1. The van der Waals surface area contributed by atoms with Gasteiger partial charge in [-0.15, -0.1) is 0 Å². The van der Waals surface area contributed by atoms with Crippen LogP contribution in [0.3, 0.4) is 0 Å². The molecule has 0 unspecified atom stereocenters. The molecule has 0 radical (unpaired) electrons.